The molecule has 0 bridgehead atoms. The van der Waals surface area contributed by atoms with Crippen molar-refractivity contribution in [3.05, 3.63) is 69.7 Å². The summed E-state index contributed by atoms with van der Waals surface area (Å²) in [5.41, 5.74) is 2.48. The molecule has 0 heterocycles. The first-order valence-corrected chi connectivity index (χ1v) is 10.00. The summed E-state index contributed by atoms with van der Waals surface area (Å²) in [6, 6.07) is 14.4. The highest BCUT2D eigenvalue weighted by Gasteiger charge is 2.24. The molecular weight excluding hydrogens is 404 g/mol. The number of nitrogens with one attached hydrogen (secondary N) is 2. The minimum absolute atomic E-state index is 0.168. The number of benzene rings is 2. The molecule has 2 atom stereocenters. The molecule has 0 aromatic heterocycles. The summed E-state index contributed by atoms with van der Waals surface area (Å²) >= 11 is 3.52. The molecule has 0 saturated heterocycles. The maximum atomic E-state index is 12.9. The molecule has 0 fully saturated rings. The van der Waals surface area contributed by atoms with Gasteiger partial charge in [0.25, 0.3) is 5.91 Å². The first-order chi connectivity index (χ1) is 12.8. The average molecular weight is 431 g/mol. The highest BCUT2D eigenvalue weighted by molar-refractivity contribution is 9.10. The summed E-state index contributed by atoms with van der Waals surface area (Å²) < 4.78 is 0.946. The van der Waals surface area contributed by atoms with E-state index in [9.17, 15) is 9.59 Å². The third-order valence-corrected chi connectivity index (χ3v) is 5.17. The van der Waals surface area contributed by atoms with Crippen molar-refractivity contribution in [2.45, 2.75) is 46.2 Å². The van der Waals surface area contributed by atoms with Crippen LogP contribution in [-0.2, 0) is 4.79 Å². The lowest BCUT2D eigenvalue weighted by molar-refractivity contribution is -0.124. The van der Waals surface area contributed by atoms with Crippen molar-refractivity contribution in [2.75, 3.05) is 0 Å². The monoisotopic (exact) mass is 430 g/mol. The minimum Gasteiger partial charge on any atom is -0.348 e. The van der Waals surface area contributed by atoms with Crippen molar-refractivity contribution in [3.63, 3.8) is 0 Å². The molecule has 0 aliphatic rings. The van der Waals surface area contributed by atoms with Gasteiger partial charge in [0.1, 0.15) is 6.04 Å². The molecule has 2 amide bonds. The van der Waals surface area contributed by atoms with E-state index in [0.717, 1.165) is 15.6 Å². The molecule has 2 unspecified atom stereocenters. The minimum atomic E-state index is -0.581. The Morgan fingerprint density at radius 2 is 1.59 bits per heavy atom. The molecule has 0 spiro atoms. The fraction of sp³-hybridized carbons (Fsp3) is 0.364. The Bertz CT molecular complexity index is 804. The smallest absolute Gasteiger partial charge is 0.252 e. The molecule has 2 N–H and O–H groups in total. The summed E-state index contributed by atoms with van der Waals surface area (Å²) in [5, 5.41) is 5.94. The molecule has 4 nitrogen and oxygen atoms in total. The Morgan fingerprint density at radius 1 is 0.963 bits per heavy atom. The maximum Gasteiger partial charge on any atom is 0.252 e. The molecule has 27 heavy (non-hydrogen) atoms. The molecule has 2 aromatic carbocycles. The van der Waals surface area contributed by atoms with Gasteiger partial charge in [-0.2, -0.15) is 0 Å². The first kappa shape index (κ1) is 21.2. The summed E-state index contributed by atoms with van der Waals surface area (Å²) in [7, 11) is 0. The number of rotatable bonds is 7. The van der Waals surface area contributed by atoms with Gasteiger partial charge in [0.15, 0.2) is 0 Å². The van der Waals surface area contributed by atoms with Gasteiger partial charge in [-0.25, -0.2) is 0 Å². The Kier molecular flexibility index (Phi) is 7.60. The van der Waals surface area contributed by atoms with Gasteiger partial charge in [0.2, 0.25) is 5.91 Å². The van der Waals surface area contributed by atoms with E-state index in [1.165, 1.54) is 0 Å². The van der Waals surface area contributed by atoms with Crippen LogP contribution < -0.4 is 10.6 Å². The van der Waals surface area contributed by atoms with Crippen LogP contribution in [0.5, 0.6) is 0 Å². The van der Waals surface area contributed by atoms with Crippen LogP contribution in [0.1, 0.15) is 54.7 Å². The fourth-order valence-corrected chi connectivity index (χ4v) is 3.61. The van der Waals surface area contributed by atoms with Crippen molar-refractivity contribution < 1.29 is 9.59 Å². The van der Waals surface area contributed by atoms with Crippen molar-refractivity contribution in [1.82, 2.24) is 10.6 Å². The third kappa shape index (κ3) is 5.93. The first-order valence-electron chi connectivity index (χ1n) is 9.21. The predicted molar refractivity (Wildman–Crippen MR) is 113 cm³/mol. The SMILES string of the molecule is Cc1ccccc1C(=O)NC(CC(C)C)C(=O)NC(C)c1ccccc1Br. The lowest BCUT2D eigenvalue weighted by atomic mass is 10.0. The van der Waals surface area contributed by atoms with E-state index in [2.05, 4.69) is 26.6 Å². The lowest BCUT2D eigenvalue weighted by Crippen LogP contribution is -2.48. The number of carbonyl (C=O) groups is 2. The summed E-state index contributed by atoms with van der Waals surface area (Å²) in [6.07, 6.45) is 0.576. The lowest BCUT2D eigenvalue weighted by Gasteiger charge is -2.23. The Balaban J connectivity index is 2.13. The number of carbonyl (C=O) groups excluding carboxylic acids is 2. The van der Waals surface area contributed by atoms with E-state index >= 15 is 0 Å². The number of halogens is 1. The predicted octanol–water partition coefficient (Wildman–Crippen LogP) is 4.78. The summed E-state index contributed by atoms with van der Waals surface area (Å²) in [5.74, 6) is -0.118. The van der Waals surface area contributed by atoms with E-state index in [-0.39, 0.29) is 23.8 Å². The zero-order valence-corrected chi connectivity index (χ0v) is 17.8. The van der Waals surface area contributed by atoms with E-state index in [1.54, 1.807) is 6.07 Å². The molecule has 2 rings (SSSR count). The molecule has 0 aliphatic heterocycles. The van der Waals surface area contributed by atoms with Gasteiger partial charge in [-0.05, 0) is 49.4 Å². The zero-order chi connectivity index (χ0) is 20.0. The van der Waals surface area contributed by atoms with Crippen LogP contribution in [0.3, 0.4) is 0 Å². The summed E-state index contributed by atoms with van der Waals surface area (Å²) in [6.45, 7) is 7.91. The van der Waals surface area contributed by atoms with Gasteiger partial charge in [-0.3, -0.25) is 9.59 Å². The van der Waals surface area contributed by atoms with Gasteiger partial charge in [0.05, 0.1) is 6.04 Å². The van der Waals surface area contributed by atoms with E-state index in [4.69, 9.17) is 0 Å². The van der Waals surface area contributed by atoms with Gasteiger partial charge < -0.3 is 10.6 Å². The second-order valence-corrected chi connectivity index (χ2v) is 8.08. The number of hydrogen-bond acceptors (Lipinski definition) is 2. The third-order valence-electron chi connectivity index (χ3n) is 4.45. The Labute approximate surface area is 169 Å². The van der Waals surface area contributed by atoms with Crippen molar-refractivity contribution >= 4 is 27.7 Å². The molecule has 0 radical (unpaired) electrons. The van der Waals surface area contributed by atoms with Crippen LogP contribution in [0.2, 0.25) is 0 Å². The van der Waals surface area contributed by atoms with Crippen molar-refractivity contribution in [3.8, 4) is 0 Å². The van der Waals surface area contributed by atoms with Gasteiger partial charge in [-0.15, -0.1) is 0 Å². The van der Waals surface area contributed by atoms with Crippen LogP contribution in [0.15, 0.2) is 53.0 Å². The van der Waals surface area contributed by atoms with Crippen molar-refractivity contribution in [1.29, 1.82) is 0 Å². The standard InChI is InChI=1S/C22H27BrN2O2/c1-14(2)13-20(25-21(26)17-10-6-5-9-15(17)3)22(27)24-16(4)18-11-7-8-12-19(18)23/h5-12,14,16,20H,13H2,1-4H3,(H,24,27)(H,25,26). The number of aryl methyl sites for hydroxylation is 1. The van der Waals surface area contributed by atoms with E-state index in [0.29, 0.717) is 12.0 Å². The molecule has 0 saturated carbocycles. The Hall–Kier alpha value is -2.14. The quantitative estimate of drug-likeness (QED) is 0.663. The molecule has 5 heteroatoms. The number of amides is 2. The van der Waals surface area contributed by atoms with Crippen LogP contribution in [0.4, 0.5) is 0 Å². The Morgan fingerprint density at radius 3 is 2.22 bits per heavy atom. The van der Waals surface area contributed by atoms with E-state index < -0.39 is 6.04 Å². The highest BCUT2D eigenvalue weighted by atomic mass is 79.9. The highest BCUT2D eigenvalue weighted by Crippen LogP contribution is 2.23. The van der Waals surface area contributed by atoms with Crippen LogP contribution in [0, 0.1) is 12.8 Å². The van der Waals surface area contributed by atoms with Gasteiger partial charge in [0, 0.05) is 10.0 Å². The normalized spacial score (nSPS) is 13.1. The summed E-state index contributed by atoms with van der Waals surface area (Å²) in [4.78, 5) is 25.6. The largest absolute Gasteiger partial charge is 0.348 e. The van der Waals surface area contributed by atoms with Gasteiger partial charge in [-0.1, -0.05) is 66.2 Å². The zero-order valence-electron chi connectivity index (χ0n) is 16.3. The van der Waals surface area contributed by atoms with Crippen molar-refractivity contribution in [2.24, 2.45) is 5.92 Å². The topological polar surface area (TPSA) is 58.2 Å². The van der Waals surface area contributed by atoms with Crippen LogP contribution in [-0.4, -0.2) is 17.9 Å². The van der Waals surface area contributed by atoms with Gasteiger partial charge >= 0.3 is 0 Å². The van der Waals surface area contributed by atoms with E-state index in [1.807, 2.05) is 70.2 Å². The molecular formula is C22H27BrN2O2. The van der Waals surface area contributed by atoms with Crippen LogP contribution >= 0.6 is 15.9 Å². The number of hydrogen-bond donors (Lipinski definition) is 2. The second-order valence-electron chi connectivity index (χ2n) is 7.22. The average Bonchev–Trinajstić information content (AvgIpc) is 2.61. The molecule has 144 valence electrons. The fourth-order valence-electron chi connectivity index (χ4n) is 2.98. The molecule has 2 aromatic rings. The van der Waals surface area contributed by atoms with Crippen LogP contribution in [0.25, 0.3) is 0 Å². The second kappa shape index (κ2) is 9.70. The maximum absolute atomic E-state index is 12.9. The molecule has 0 aliphatic carbocycles.